The van der Waals surface area contributed by atoms with E-state index in [1.807, 2.05) is 0 Å². The van der Waals surface area contributed by atoms with Gasteiger partial charge in [0.25, 0.3) is 11.5 Å². The fourth-order valence-corrected chi connectivity index (χ4v) is 2.89. The van der Waals surface area contributed by atoms with Crippen molar-refractivity contribution in [1.82, 2.24) is 20.4 Å². The number of fused-ring (bicyclic) bond motifs is 1. The summed E-state index contributed by atoms with van der Waals surface area (Å²) in [6.07, 6.45) is -0.0311. The summed E-state index contributed by atoms with van der Waals surface area (Å²) in [7, 11) is 0. The number of aromatic nitrogens is 2. The number of nitrogens with one attached hydrogen (secondary N) is 3. The second-order valence-corrected chi connectivity index (χ2v) is 6.51. The van der Waals surface area contributed by atoms with Crippen LogP contribution in [0.15, 0.2) is 53.3 Å². The van der Waals surface area contributed by atoms with E-state index in [0.717, 1.165) is 0 Å². The Morgan fingerprint density at radius 2 is 1.78 bits per heavy atom. The quantitative estimate of drug-likeness (QED) is 0.461. The molecule has 3 aromatic rings. The van der Waals surface area contributed by atoms with Gasteiger partial charge in [0.1, 0.15) is 0 Å². The number of hydrazine groups is 1. The fourth-order valence-electron chi connectivity index (χ4n) is 2.48. The van der Waals surface area contributed by atoms with Gasteiger partial charge in [0.2, 0.25) is 5.91 Å². The Labute approximate surface area is 163 Å². The zero-order chi connectivity index (χ0) is 19.4. The van der Waals surface area contributed by atoms with Crippen molar-refractivity contribution in [3.05, 3.63) is 74.2 Å². The van der Waals surface area contributed by atoms with Crippen LogP contribution < -0.4 is 16.4 Å². The molecule has 0 saturated heterocycles. The van der Waals surface area contributed by atoms with Crippen LogP contribution in [-0.2, 0) is 11.3 Å². The monoisotopic (exact) mass is 402 g/mol. The number of aromatic amines is 1. The molecule has 9 heteroatoms. The van der Waals surface area contributed by atoms with Gasteiger partial charge >= 0.3 is 0 Å². The van der Waals surface area contributed by atoms with Gasteiger partial charge in [0.15, 0.2) is 4.77 Å². The molecular formula is C18H15ClN4O3S. The van der Waals surface area contributed by atoms with Gasteiger partial charge in [-0.3, -0.25) is 29.8 Å². The molecule has 0 spiro atoms. The van der Waals surface area contributed by atoms with Gasteiger partial charge in [-0.25, -0.2) is 0 Å². The highest BCUT2D eigenvalue weighted by Crippen LogP contribution is 2.09. The number of hydrogen-bond acceptors (Lipinski definition) is 4. The lowest BCUT2D eigenvalue weighted by Gasteiger charge is -2.09. The largest absolute Gasteiger partial charge is 0.332 e. The molecule has 0 aliphatic rings. The Hall–Kier alpha value is -2.97. The predicted molar refractivity (Wildman–Crippen MR) is 105 cm³/mol. The SMILES string of the molecule is O=C(CCn1c(=S)[nH]c2ccccc2c1=O)NNC(=O)c1ccc(Cl)cc1. The van der Waals surface area contributed by atoms with Gasteiger partial charge < -0.3 is 4.98 Å². The summed E-state index contributed by atoms with van der Waals surface area (Å²) in [4.78, 5) is 39.4. The Morgan fingerprint density at radius 1 is 1.07 bits per heavy atom. The molecule has 27 heavy (non-hydrogen) atoms. The molecule has 0 saturated carbocycles. The van der Waals surface area contributed by atoms with Crippen LogP contribution in [0.1, 0.15) is 16.8 Å². The molecule has 138 valence electrons. The Kier molecular flexibility index (Phi) is 5.68. The summed E-state index contributed by atoms with van der Waals surface area (Å²) in [6.45, 7) is 0.0850. The fraction of sp³-hybridized carbons (Fsp3) is 0.111. The maximum absolute atomic E-state index is 12.5. The molecule has 0 atom stereocenters. The van der Waals surface area contributed by atoms with E-state index < -0.39 is 11.8 Å². The number of H-pyrrole nitrogens is 1. The van der Waals surface area contributed by atoms with E-state index in [0.29, 0.717) is 21.5 Å². The predicted octanol–water partition coefficient (Wildman–Crippen LogP) is 2.56. The molecular weight excluding hydrogens is 388 g/mol. The summed E-state index contributed by atoms with van der Waals surface area (Å²) in [5.41, 5.74) is 5.35. The number of benzene rings is 2. The highest BCUT2D eigenvalue weighted by atomic mass is 35.5. The number of amides is 2. The van der Waals surface area contributed by atoms with Gasteiger partial charge in [-0.15, -0.1) is 0 Å². The lowest BCUT2D eigenvalue weighted by atomic mass is 10.2. The van der Waals surface area contributed by atoms with Gasteiger partial charge in [-0.05, 0) is 48.6 Å². The van der Waals surface area contributed by atoms with E-state index in [4.69, 9.17) is 23.8 Å². The van der Waals surface area contributed by atoms with Gasteiger partial charge in [0, 0.05) is 23.6 Å². The van der Waals surface area contributed by atoms with E-state index in [-0.39, 0.29) is 23.3 Å². The average molecular weight is 403 g/mol. The van der Waals surface area contributed by atoms with Crippen LogP contribution in [0.2, 0.25) is 5.02 Å². The Balaban J connectivity index is 1.62. The highest BCUT2D eigenvalue weighted by molar-refractivity contribution is 7.71. The minimum Gasteiger partial charge on any atom is -0.332 e. The van der Waals surface area contributed by atoms with Crippen molar-refractivity contribution < 1.29 is 9.59 Å². The second-order valence-electron chi connectivity index (χ2n) is 5.69. The topological polar surface area (TPSA) is 96.0 Å². The normalized spacial score (nSPS) is 10.6. The second kappa shape index (κ2) is 8.15. The highest BCUT2D eigenvalue weighted by Gasteiger charge is 2.10. The maximum Gasteiger partial charge on any atom is 0.269 e. The molecule has 0 fully saturated rings. The minimum atomic E-state index is -0.472. The zero-order valence-corrected chi connectivity index (χ0v) is 15.6. The first kappa shape index (κ1) is 18.8. The number of nitrogens with zero attached hydrogens (tertiary/aromatic N) is 1. The van der Waals surface area contributed by atoms with Crippen LogP contribution in [0.25, 0.3) is 10.9 Å². The first-order valence-electron chi connectivity index (χ1n) is 8.02. The number of para-hydroxylation sites is 1. The summed E-state index contributed by atoms with van der Waals surface area (Å²) in [6, 6.07) is 13.2. The number of carbonyl (C=O) groups is 2. The summed E-state index contributed by atoms with van der Waals surface area (Å²) >= 11 is 11.0. The van der Waals surface area contributed by atoms with Crippen molar-refractivity contribution in [3.63, 3.8) is 0 Å². The molecule has 3 N–H and O–H groups in total. The van der Waals surface area contributed by atoms with Crippen molar-refractivity contribution in [2.24, 2.45) is 0 Å². The van der Waals surface area contributed by atoms with Crippen LogP contribution in [0.4, 0.5) is 0 Å². The number of hydrogen-bond donors (Lipinski definition) is 3. The Bertz CT molecular complexity index is 1120. The molecule has 2 aromatic carbocycles. The molecule has 0 radical (unpaired) electrons. The lowest BCUT2D eigenvalue weighted by molar-refractivity contribution is -0.122. The van der Waals surface area contributed by atoms with E-state index in [1.165, 1.54) is 16.7 Å². The third kappa shape index (κ3) is 4.42. The summed E-state index contributed by atoms with van der Waals surface area (Å²) in [5, 5.41) is 0.996. The van der Waals surface area contributed by atoms with Crippen LogP contribution >= 0.6 is 23.8 Å². The number of rotatable bonds is 4. The van der Waals surface area contributed by atoms with Crippen molar-refractivity contribution in [2.75, 3.05) is 0 Å². The van der Waals surface area contributed by atoms with Crippen LogP contribution in [0, 0.1) is 4.77 Å². The molecule has 0 aliphatic carbocycles. The smallest absolute Gasteiger partial charge is 0.269 e. The van der Waals surface area contributed by atoms with E-state index in [9.17, 15) is 14.4 Å². The van der Waals surface area contributed by atoms with Gasteiger partial charge in [0.05, 0.1) is 10.9 Å². The first-order chi connectivity index (χ1) is 13.0. The molecule has 1 aromatic heterocycles. The van der Waals surface area contributed by atoms with Crippen molar-refractivity contribution in [1.29, 1.82) is 0 Å². The standard InChI is InChI=1S/C18H15ClN4O3S/c19-12-7-5-11(6-8-12)16(25)22-21-15(24)9-10-23-17(26)13-3-1-2-4-14(13)20-18(23)27/h1-8H,9-10H2,(H,20,27)(H,21,24)(H,22,25). The third-order valence-electron chi connectivity index (χ3n) is 3.87. The molecule has 7 nitrogen and oxygen atoms in total. The Morgan fingerprint density at radius 3 is 2.52 bits per heavy atom. The lowest BCUT2D eigenvalue weighted by Crippen LogP contribution is -2.42. The third-order valence-corrected chi connectivity index (χ3v) is 4.45. The molecule has 0 unspecified atom stereocenters. The van der Waals surface area contributed by atoms with E-state index in [2.05, 4.69) is 15.8 Å². The van der Waals surface area contributed by atoms with E-state index in [1.54, 1.807) is 36.4 Å². The van der Waals surface area contributed by atoms with E-state index >= 15 is 0 Å². The number of halogens is 1. The molecule has 2 amide bonds. The van der Waals surface area contributed by atoms with Gasteiger partial charge in [-0.2, -0.15) is 0 Å². The van der Waals surface area contributed by atoms with Crippen LogP contribution in [0.5, 0.6) is 0 Å². The first-order valence-corrected chi connectivity index (χ1v) is 8.81. The summed E-state index contributed by atoms with van der Waals surface area (Å²) in [5.74, 6) is -0.924. The zero-order valence-electron chi connectivity index (χ0n) is 14.0. The summed E-state index contributed by atoms with van der Waals surface area (Å²) < 4.78 is 1.55. The maximum atomic E-state index is 12.5. The minimum absolute atomic E-state index is 0.0311. The van der Waals surface area contributed by atoms with Crippen molar-refractivity contribution in [2.45, 2.75) is 13.0 Å². The molecule has 3 rings (SSSR count). The average Bonchev–Trinajstić information content (AvgIpc) is 2.66. The van der Waals surface area contributed by atoms with Crippen molar-refractivity contribution >= 4 is 46.5 Å². The van der Waals surface area contributed by atoms with Crippen molar-refractivity contribution in [3.8, 4) is 0 Å². The van der Waals surface area contributed by atoms with Crippen LogP contribution in [-0.4, -0.2) is 21.4 Å². The van der Waals surface area contributed by atoms with Gasteiger partial charge in [-0.1, -0.05) is 23.7 Å². The molecule has 0 bridgehead atoms. The molecule has 1 heterocycles. The molecule has 0 aliphatic heterocycles. The number of carbonyl (C=O) groups excluding carboxylic acids is 2. The van der Waals surface area contributed by atoms with Crippen LogP contribution in [0.3, 0.4) is 0 Å².